The Balaban J connectivity index is 1.81. The number of esters is 1. The summed E-state index contributed by atoms with van der Waals surface area (Å²) in [5, 5.41) is 3.02. The summed E-state index contributed by atoms with van der Waals surface area (Å²) in [7, 11) is 0. The predicted octanol–water partition coefficient (Wildman–Crippen LogP) is 3.60. The first-order valence-electron chi connectivity index (χ1n) is 7.40. The summed E-state index contributed by atoms with van der Waals surface area (Å²) in [6.45, 7) is 3.04. The SMILES string of the molecule is Cc1ccc(NC(=O)COC(=O)[C@H](C)Oc2ccccc2)c(Cl)c1. The molecule has 1 N–H and O–H groups in total. The Morgan fingerprint density at radius 2 is 1.88 bits per heavy atom. The third-order valence-electron chi connectivity index (χ3n) is 3.13. The van der Waals surface area contributed by atoms with Crippen LogP contribution in [-0.2, 0) is 14.3 Å². The highest BCUT2D eigenvalue weighted by Crippen LogP contribution is 2.22. The smallest absolute Gasteiger partial charge is 0.347 e. The Hall–Kier alpha value is -2.53. The monoisotopic (exact) mass is 347 g/mol. The fraction of sp³-hybridized carbons (Fsp3) is 0.222. The van der Waals surface area contributed by atoms with Crippen molar-refractivity contribution in [1.29, 1.82) is 0 Å². The van der Waals surface area contributed by atoms with E-state index >= 15 is 0 Å². The minimum Gasteiger partial charge on any atom is -0.479 e. The zero-order valence-corrected chi connectivity index (χ0v) is 14.2. The van der Waals surface area contributed by atoms with E-state index in [1.165, 1.54) is 0 Å². The van der Waals surface area contributed by atoms with Crippen molar-refractivity contribution in [2.75, 3.05) is 11.9 Å². The van der Waals surface area contributed by atoms with E-state index < -0.39 is 24.6 Å². The lowest BCUT2D eigenvalue weighted by Gasteiger charge is -2.14. The second-order valence-corrected chi connectivity index (χ2v) is 5.62. The van der Waals surface area contributed by atoms with Gasteiger partial charge in [0.2, 0.25) is 0 Å². The van der Waals surface area contributed by atoms with Gasteiger partial charge in [-0.1, -0.05) is 35.9 Å². The van der Waals surface area contributed by atoms with Crippen molar-refractivity contribution in [1.82, 2.24) is 0 Å². The lowest BCUT2D eigenvalue weighted by Crippen LogP contribution is -2.29. The summed E-state index contributed by atoms with van der Waals surface area (Å²) in [6, 6.07) is 14.2. The molecule has 24 heavy (non-hydrogen) atoms. The van der Waals surface area contributed by atoms with Gasteiger partial charge < -0.3 is 14.8 Å². The number of anilines is 1. The van der Waals surface area contributed by atoms with Gasteiger partial charge in [-0.2, -0.15) is 0 Å². The summed E-state index contributed by atoms with van der Waals surface area (Å²) in [6.07, 6.45) is -0.817. The summed E-state index contributed by atoms with van der Waals surface area (Å²) in [5.41, 5.74) is 1.45. The molecule has 0 aliphatic heterocycles. The maximum atomic E-state index is 11.9. The van der Waals surface area contributed by atoms with Crippen LogP contribution in [0.2, 0.25) is 5.02 Å². The lowest BCUT2D eigenvalue weighted by molar-refractivity contribution is -0.153. The Morgan fingerprint density at radius 3 is 2.54 bits per heavy atom. The van der Waals surface area contributed by atoms with E-state index in [2.05, 4.69) is 5.32 Å². The van der Waals surface area contributed by atoms with Crippen LogP contribution in [0, 0.1) is 6.92 Å². The van der Waals surface area contributed by atoms with E-state index in [0.29, 0.717) is 16.5 Å². The van der Waals surface area contributed by atoms with Crippen LogP contribution in [0.4, 0.5) is 5.69 Å². The zero-order chi connectivity index (χ0) is 17.5. The number of nitrogens with one attached hydrogen (secondary N) is 1. The van der Waals surface area contributed by atoms with Gasteiger partial charge in [-0.3, -0.25) is 4.79 Å². The van der Waals surface area contributed by atoms with Gasteiger partial charge in [0.1, 0.15) is 5.75 Å². The van der Waals surface area contributed by atoms with Crippen molar-refractivity contribution >= 4 is 29.2 Å². The largest absolute Gasteiger partial charge is 0.479 e. The number of benzene rings is 2. The number of hydrogen-bond donors (Lipinski definition) is 1. The van der Waals surface area contributed by atoms with E-state index in [0.717, 1.165) is 5.56 Å². The van der Waals surface area contributed by atoms with Crippen molar-refractivity contribution in [2.45, 2.75) is 20.0 Å². The third kappa shape index (κ3) is 5.28. The number of hydrogen-bond acceptors (Lipinski definition) is 4. The van der Waals surface area contributed by atoms with Gasteiger partial charge in [0.05, 0.1) is 10.7 Å². The molecule has 0 saturated carbocycles. The summed E-state index contributed by atoms with van der Waals surface area (Å²) in [5.74, 6) is -0.539. The Morgan fingerprint density at radius 1 is 1.17 bits per heavy atom. The molecule has 0 bridgehead atoms. The molecule has 0 aromatic heterocycles. The van der Waals surface area contributed by atoms with Gasteiger partial charge in [-0.05, 0) is 43.7 Å². The average Bonchev–Trinajstić information content (AvgIpc) is 2.56. The number of amides is 1. The molecule has 0 unspecified atom stereocenters. The number of carbonyl (C=O) groups is 2. The second-order valence-electron chi connectivity index (χ2n) is 5.21. The van der Waals surface area contributed by atoms with Gasteiger partial charge in [-0.25, -0.2) is 4.79 Å². The molecule has 5 nitrogen and oxygen atoms in total. The quantitative estimate of drug-likeness (QED) is 0.811. The topological polar surface area (TPSA) is 64.6 Å². The van der Waals surface area contributed by atoms with Crippen LogP contribution < -0.4 is 10.1 Å². The Kier molecular flexibility index (Phi) is 6.21. The van der Waals surface area contributed by atoms with Crippen LogP contribution in [0.15, 0.2) is 48.5 Å². The van der Waals surface area contributed by atoms with Gasteiger partial charge in [0.15, 0.2) is 12.7 Å². The van der Waals surface area contributed by atoms with E-state index in [-0.39, 0.29) is 0 Å². The maximum absolute atomic E-state index is 11.9. The Bertz CT molecular complexity index is 718. The normalized spacial score (nSPS) is 11.5. The van der Waals surface area contributed by atoms with Crippen LogP contribution in [0.5, 0.6) is 5.75 Å². The fourth-order valence-corrected chi connectivity index (χ4v) is 2.20. The Labute approximate surface area is 145 Å². The molecule has 2 aromatic rings. The maximum Gasteiger partial charge on any atom is 0.347 e. The van der Waals surface area contributed by atoms with Crippen LogP contribution >= 0.6 is 11.6 Å². The molecule has 1 atom stereocenters. The molecule has 0 heterocycles. The number of para-hydroxylation sites is 1. The molecule has 2 aromatic carbocycles. The van der Waals surface area contributed by atoms with Crippen LogP contribution in [0.25, 0.3) is 0 Å². The molecule has 1 amide bonds. The van der Waals surface area contributed by atoms with E-state index in [1.807, 2.05) is 19.1 Å². The number of carbonyl (C=O) groups excluding carboxylic acids is 2. The number of ether oxygens (including phenoxy) is 2. The summed E-state index contributed by atoms with van der Waals surface area (Å²) >= 11 is 6.03. The predicted molar refractivity (Wildman–Crippen MR) is 92.3 cm³/mol. The highest BCUT2D eigenvalue weighted by atomic mass is 35.5. The number of aryl methyl sites for hydroxylation is 1. The molecule has 0 aliphatic carbocycles. The number of rotatable bonds is 6. The lowest BCUT2D eigenvalue weighted by atomic mass is 10.2. The van der Waals surface area contributed by atoms with Crippen molar-refractivity contribution in [3.05, 3.63) is 59.1 Å². The van der Waals surface area contributed by atoms with Crippen LogP contribution in [0.3, 0.4) is 0 Å². The van der Waals surface area contributed by atoms with Gasteiger partial charge in [-0.15, -0.1) is 0 Å². The van der Waals surface area contributed by atoms with E-state index in [1.54, 1.807) is 43.3 Å². The van der Waals surface area contributed by atoms with Gasteiger partial charge in [0.25, 0.3) is 5.91 Å². The van der Waals surface area contributed by atoms with Crippen molar-refractivity contribution in [2.24, 2.45) is 0 Å². The zero-order valence-electron chi connectivity index (χ0n) is 13.4. The standard InChI is InChI=1S/C18H18ClNO4/c1-12-8-9-16(15(19)10-12)20-17(21)11-23-18(22)13(2)24-14-6-4-3-5-7-14/h3-10,13H,11H2,1-2H3,(H,20,21)/t13-/m0/s1. The highest BCUT2D eigenvalue weighted by molar-refractivity contribution is 6.33. The van der Waals surface area contributed by atoms with E-state index in [4.69, 9.17) is 21.1 Å². The highest BCUT2D eigenvalue weighted by Gasteiger charge is 2.18. The van der Waals surface area contributed by atoms with Crippen LogP contribution in [-0.4, -0.2) is 24.6 Å². The molecule has 126 valence electrons. The van der Waals surface area contributed by atoms with Crippen LogP contribution in [0.1, 0.15) is 12.5 Å². The van der Waals surface area contributed by atoms with Gasteiger partial charge >= 0.3 is 5.97 Å². The first-order valence-corrected chi connectivity index (χ1v) is 7.78. The molecule has 0 aliphatic rings. The summed E-state index contributed by atoms with van der Waals surface area (Å²) in [4.78, 5) is 23.7. The first kappa shape index (κ1) is 17.8. The van der Waals surface area contributed by atoms with Crippen molar-refractivity contribution in [3.63, 3.8) is 0 Å². The van der Waals surface area contributed by atoms with Crippen molar-refractivity contribution in [3.8, 4) is 5.75 Å². The molecular formula is C18H18ClNO4. The molecular weight excluding hydrogens is 330 g/mol. The molecule has 6 heteroatoms. The molecule has 0 saturated heterocycles. The minimum atomic E-state index is -0.817. The molecule has 0 radical (unpaired) electrons. The van der Waals surface area contributed by atoms with Crippen molar-refractivity contribution < 1.29 is 19.1 Å². The van der Waals surface area contributed by atoms with E-state index in [9.17, 15) is 9.59 Å². The molecule has 0 fully saturated rings. The summed E-state index contributed by atoms with van der Waals surface area (Å²) < 4.78 is 10.4. The minimum absolute atomic E-state index is 0.411. The second kappa shape index (κ2) is 8.36. The first-order chi connectivity index (χ1) is 11.5. The fourth-order valence-electron chi connectivity index (χ4n) is 1.91. The number of halogens is 1. The van der Waals surface area contributed by atoms with Gasteiger partial charge in [0, 0.05) is 0 Å². The molecule has 2 rings (SSSR count). The average molecular weight is 348 g/mol. The molecule has 0 spiro atoms. The third-order valence-corrected chi connectivity index (χ3v) is 3.44.